The highest BCUT2D eigenvalue weighted by Gasteiger charge is 2.22. The summed E-state index contributed by atoms with van der Waals surface area (Å²) >= 11 is 1.66. The summed E-state index contributed by atoms with van der Waals surface area (Å²) < 4.78 is 27.0. The van der Waals surface area contributed by atoms with E-state index in [0.29, 0.717) is 18.5 Å². The maximum absolute atomic E-state index is 13.5. The Bertz CT molecular complexity index is 739. The number of fused-ring (bicyclic) bond motifs is 1. The minimum Gasteiger partial charge on any atom is -0.338 e. The molecule has 1 aliphatic heterocycles. The lowest BCUT2D eigenvalue weighted by atomic mass is 10.0. The van der Waals surface area contributed by atoms with Gasteiger partial charge in [-0.05, 0) is 48.2 Å². The van der Waals surface area contributed by atoms with Crippen molar-refractivity contribution in [1.82, 2.24) is 10.6 Å². The summed E-state index contributed by atoms with van der Waals surface area (Å²) in [5, 5.41) is 5.61. The Labute approximate surface area is 143 Å². The van der Waals surface area contributed by atoms with E-state index in [4.69, 9.17) is 0 Å². The third kappa shape index (κ3) is 4.06. The Morgan fingerprint density at radius 3 is 2.88 bits per heavy atom. The van der Waals surface area contributed by atoms with Gasteiger partial charge in [0.2, 0.25) is 0 Å². The van der Waals surface area contributed by atoms with Gasteiger partial charge in [0.1, 0.15) is 11.6 Å². The Morgan fingerprint density at radius 1 is 1.21 bits per heavy atom. The molecule has 1 aliphatic rings. The molecule has 2 aromatic carbocycles. The number of carbonyl (C=O) groups is 1. The monoisotopic (exact) mass is 348 g/mol. The predicted molar refractivity (Wildman–Crippen MR) is 91.1 cm³/mol. The zero-order valence-corrected chi connectivity index (χ0v) is 13.8. The van der Waals surface area contributed by atoms with Crippen molar-refractivity contribution in [2.24, 2.45) is 0 Å². The van der Waals surface area contributed by atoms with Gasteiger partial charge in [0.15, 0.2) is 0 Å². The highest BCUT2D eigenvalue weighted by molar-refractivity contribution is 7.99. The fourth-order valence-electron chi connectivity index (χ4n) is 2.74. The molecule has 0 aromatic heterocycles. The maximum atomic E-state index is 13.5. The van der Waals surface area contributed by atoms with E-state index in [1.165, 1.54) is 18.2 Å². The van der Waals surface area contributed by atoms with Gasteiger partial charge >= 0.3 is 6.03 Å². The third-order valence-electron chi connectivity index (χ3n) is 3.95. The Kier molecular flexibility index (Phi) is 5.35. The molecule has 3 nitrogen and oxygen atoms in total. The number of rotatable bonds is 4. The van der Waals surface area contributed by atoms with E-state index in [0.717, 1.165) is 22.6 Å². The number of benzene rings is 2. The lowest BCUT2D eigenvalue weighted by molar-refractivity contribution is 0.236. The summed E-state index contributed by atoms with van der Waals surface area (Å²) in [6.45, 7) is 0.338. The average Bonchev–Trinajstić information content (AvgIpc) is 2.57. The molecule has 0 bridgehead atoms. The smallest absolute Gasteiger partial charge is 0.315 e. The summed E-state index contributed by atoms with van der Waals surface area (Å²) in [6.07, 6.45) is 1.17. The molecule has 6 heteroatoms. The van der Waals surface area contributed by atoms with Crippen LogP contribution in [0.5, 0.6) is 0 Å². The number of amides is 2. The van der Waals surface area contributed by atoms with E-state index in [1.807, 2.05) is 0 Å². The van der Waals surface area contributed by atoms with Crippen LogP contribution >= 0.6 is 11.8 Å². The lowest BCUT2D eigenvalue weighted by Crippen LogP contribution is -2.39. The topological polar surface area (TPSA) is 41.1 Å². The molecule has 24 heavy (non-hydrogen) atoms. The molecule has 0 aliphatic carbocycles. The number of urea groups is 1. The van der Waals surface area contributed by atoms with Crippen LogP contribution in [0.15, 0.2) is 47.4 Å². The lowest BCUT2D eigenvalue weighted by Gasteiger charge is -2.26. The van der Waals surface area contributed by atoms with Crippen LogP contribution in [0.2, 0.25) is 0 Å². The second kappa shape index (κ2) is 7.66. The van der Waals surface area contributed by atoms with Crippen LogP contribution in [0.3, 0.4) is 0 Å². The zero-order chi connectivity index (χ0) is 16.9. The molecule has 1 heterocycles. The van der Waals surface area contributed by atoms with Gasteiger partial charge in [0, 0.05) is 17.2 Å². The molecule has 0 spiro atoms. The molecule has 0 saturated heterocycles. The first kappa shape index (κ1) is 16.8. The van der Waals surface area contributed by atoms with Crippen LogP contribution in [0.1, 0.15) is 23.6 Å². The fourth-order valence-corrected chi connectivity index (χ4v) is 3.84. The van der Waals surface area contributed by atoms with Gasteiger partial charge in [0.05, 0.1) is 6.04 Å². The van der Waals surface area contributed by atoms with Crippen molar-refractivity contribution in [2.75, 3.05) is 12.3 Å². The van der Waals surface area contributed by atoms with Gasteiger partial charge in [-0.25, -0.2) is 13.6 Å². The van der Waals surface area contributed by atoms with Gasteiger partial charge in [-0.3, -0.25) is 0 Å². The summed E-state index contributed by atoms with van der Waals surface area (Å²) in [6, 6.07) is 10.6. The zero-order valence-electron chi connectivity index (χ0n) is 13.0. The van der Waals surface area contributed by atoms with Crippen LogP contribution in [-0.2, 0) is 6.42 Å². The third-order valence-corrected chi connectivity index (χ3v) is 5.08. The number of halogens is 2. The molecular formula is C18H18F2N2OS. The van der Waals surface area contributed by atoms with E-state index < -0.39 is 0 Å². The molecule has 1 unspecified atom stereocenters. The Hall–Kier alpha value is -2.08. The minimum atomic E-state index is -0.321. The second-order valence-corrected chi connectivity index (χ2v) is 6.75. The van der Waals surface area contributed by atoms with Crippen LogP contribution < -0.4 is 10.6 Å². The first-order chi connectivity index (χ1) is 11.6. The van der Waals surface area contributed by atoms with Gasteiger partial charge in [-0.15, -0.1) is 11.8 Å². The SMILES string of the molecule is O=C(NCCc1ccccc1F)NC1CCSc2ccc(F)cc21. The molecule has 126 valence electrons. The van der Waals surface area contributed by atoms with Crippen molar-refractivity contribution >= 4 is 17.8 Å². The van der Waals surface area contributed by atoms with Crippen molar-refractivity contribution in [2.45, 2.75) is 23.8 Å². The largest absolute Gasteiger partial charge is 0.338 e. The van der Waals surface area contributed by atoms with E-state index >= 15 is 0 Å². The van der Waals surface area contributed by atoms with Gasteiger partial charge in [-0.1, -0.05) is 18.2 Å². The number of carbonyl (C=O) groups excluding carboxylic acids is 1. The Balaban J connectivity index is 1.55. The fraction of sp³-hybridized carbons (Fsp3) is 0.278. The van der Waals surface area contributed by atoms with E-state index in [9.17, 15) is 13.6 Å². The molecule has 3 rings (SSSR count). The molecule has 2 amide bonds. The van der Waals surface area contributed by atoms with Crippen LogP contribution in [0.25, 0.3) is 0 Å². The van der Waals surface area contributed by atoms with Crippen molar-refractivity contribution in [1.29, 1.82) is 0 Å². The summed E-state index contributed by atoms with van der Waals surface area (Å²) in [7, 11) is 0. The number of nitrogens with one attached hydrogen (secondary N) is 2. The molecule has 1 atom stereocenters. The van der Waals surface area contributed by atoms with Crippen LogP contribution in [-0.4, -0.2) is 18.3 Å². The van der Waals surface area contributed by atoms with Crippen molar-refractivity contribution in [3.63, 3.8) is 0 Å². The van der Waals surface area contributed by atoms with E-state index in [2.05, 4.69) is 10.6 Å². The van der Waals surface area contributed by atoms with Crippen molar-refractivity contribution in [3.8, 4) is 0 Å². The van der Waals surface area contributed by atoms with E-state index in [1.54, 1.807) is 36.0 Å². The van der Waals surface area contributed by atoms with Crippen molar-refractivity contribution in [3.05, 3.63) is 65.2 Å². The normalized spacial score (nSPS) is 16.3. The summed E-state index contributed by atoms with van der Waals surface area (Å²) in [5.41, 5.74) is 1.38. The highest BCUT2D eigenvalue weighted by Crippen LogP contribution is 2.36. The summed E-state index contributed by atoms with van der Waals surface area (Å²) in [5.74, 6) is 0.301. The minimum absolute atomic E-state index is 0.203. The van der Waals surface area contributed by atoms with Crippen molar-refractivity contribution < 1.29 is 13.6 Å². The maximum Gasteiger partial charge on any atom is 0.315 e. The molecule has 0 fully saturated rings. The number of hydrogen-bond donors (Lipinski definition) is 2. The number of thioether (sulfide) groups is 1. The van der Waals surface area contributed by atoms with Gasteiger partial charge in [-0.2, -0.15) is 0 Å². The quantitative estimate of drug-likeness (QED) is 0.875. The highest BCUT2D eigenvalue weighted by atomic mass is 32.2. The molecule has 0 saturated carbocycles. The molecular weight excluding hydrogens is 330 g/mol. The standard InChI is InChI=1S/C18H18F2N2OS/c19-13-5-6-17-14(11-13)16(8-10-24-17)22-18(23)21-9-7-12-3-1-2-4-15(12)20/h1-6,11,16H,7-10H2,(H2,21,22,23). The molecule has 2 N–H and O–H groups in total. The second-order valence-electron chi connectivity index (χ2n) is 5.61. The first-order valence-electron chi connectivity index (χ1n) is 7.83. The average molecular weight is 348 g/mol. The first-order valence-corrected chi connectivity index (χ1v) is 8.82. The number of hydrogen-bond acceptors (Lipinski definition) is 2. The van der Waals surface area contributed by atoms with Crippen LogP contribution in [0, 0.1) is 11.6 Å². The van der Waals surface area contributed by atoms with Gasteiger partial charge in [0.25, 0.3) is 0 Å². The van der Waals surface area contributed by atoms with Gasteiger partial charge < -0.3 is 10.6 Å². The van der Waals surface area contributed by atoms with E-state index in [-0.39, 0.29) is 23.7 Å². The van der Waals surface area contributed by atoms with Crippen LogP contribution in [0.4, 0.5) is 13.6 Å². The molecule has 0 radical (unpaired) electrons. The summed E-state index contributed by atoms with van der Waals surface area (Å²) in [4.78, 5) is 13.1. The molecule has 2 aromatic rings. The predicted octanol–water partition coefficient (Wildman–Crippen LogP) is 4.04. The Morgan fingerprint density at radius 2 is 2.04 bits per heavy atom.